The minimum atomic E-state index is -0.0792. The molecule has 0 aliphatic rings. The second-order valence-electron chi connectivity index (χ2n) is 6.39. The van der Waals surface area contributed by atoms with E-state index >= 15 is 0 Å². The highest BCUT2D eigenvalue weighted by molar-refractivity contribution is 5.94. The van der Waals surface area contributed by atoms with Crippen molar-refractivity contribution < 1.29 is 14.3 Å². The van der Waals surface area contributed by atoms with E-state index in [4.69, 9.17) is 9.47 Å². The highest BCUT2D eigenvalue weighted by Gasteiger charge is 2.17. The predicted molar refractivity (Wildman–Crippen MR) is 100 cm³/mol. The van der Waals surface area contributed by atoms with Crippen LogP contribution in [0.15, 0.2) is 48.5 Å². The smallest absolute Gasteiger partial charge is 0.251 e. The summed E-state index contributed by atoms with van der Waals surface area (Å²) < 4.78 is 10.6. The summed E-state index contributed by atoms with van der Waals surface area (Å²) in [5, 5.41) is 3.15. The van der Waals surface area contributed by atoms with Crippen molar-refractivity contribution in [3.05, 3.63) is 59.7 Å². The van der Waals surface area contributed by atoms with Gasteiger partial charge >= 0.3 is 0 Å². The predicted octanol–water partition coefficient (Wildman–Crippen LogP) is 4.61. The molecule has 0 aliphatic carbocycles. The summed E-state index contributed by atoms with van der Waals surface area (Å²) in [5.74, 6) is 1.97. The SMILES string of the molecule is CCOc1ccc(C(=O)N[C@@H](CC(C)C)c2ccc(OC)cc2)cc1. The molecule has 2 rings (SSSR count). The number of rotatable bonds is 8. The van der Waals surface area contributed by atoms with Gasteiger partial charge in [-0.2, -0.15) is 0 Å². The number of methoxy groups -OCH3 is 1. The molecule has 0 spiro atoms. The van der Waals surface area contributed by atoms with Gasteiger partial charge in [0, 0.05) is 5.56 Å². The van der Waals surface area contributed by atoms with Crippen molar-refractivity contribution in [2.75, 3.05) is 13.7 Å². The van der Waals surface area contributed by atoms with Crippen molar-refractivity contribution in [2.24, 2.45) is 5.92 Å². The molecule has 0 radical (unpaired) electrons. The Kier molecular flexibility index (Phi) is 6.87. The monoisotopic (exact) mass is 341 g/mol. The van der Waals surface area contributed by atoms with Crippen molar-refractivity contribution in [3.63, 3.8) is 0 Å². The Balaban J connectivity index is 2.13. The van der Waals surface area contributed by atoms with Crippen LogP contribution in [0.3, 0.4) is 0 Å². The van der Waals surface area contributed by atoms with Crippen LogP contribution in [-0.4, -0.2) is 19.6 Å². The van der Waals surface area contributed by atoms with Gasteiger partial charge < -0.3 is 14.8 Å². The number of nitrogens with one attached hydrogen (secondary N) is 1. The van der Waals surface area contributed by atoms with Gasteiger partial charge in [0.05, 0.1) is 19.8 Å². The third kappa shape index (κ3) is 5.52. The zero-order valence-electron chi connectivity index (χ0n) is 15.4. The summed E-state index contributed by atoms with van der Waals surface area (Å²) in [7, 11) is 1.65. The molecule has 4 heteroatoms. The Morgan fingerprint density at radius 2 is 1.60 bits per heavy atom. The van der Waals surface area contributed by atoms with Crippen LogP contribution >= 0.6 is 0 Å². The van der Waals surface area contributed by atoms with Gasteiger partial charge in [0.2, 0.25) is 0 Å². The highest BCUT2D eigenvalue weighted by atomic mass is 16.5. The van der Waals surface area contributed by atoms with Crippen LogP contribution in [-0.2, 0) is 0 Å². The van der Waals surface area contributed by atoms with Crippen LogP contribution in [0.4, 0.5) is 0 Å². The van der Waals surface area contributed by atoms with Crippen LogP contribution in [0.2, 0.25) is 0 Å². The Hall–Kier alpha value is -2.49. The molecule has 2 aromatic carbocycles. The van der Waals surface area contributed by atoms with Gasteiger partial charge in [-0.15, -0.1) is 0 Å². The molecule has 1 atom stereocenters. The van der Waals surface area contributed by atoms with Crippen LogP contribution in [0.5, 0.6) is 11.5 Å². The fourth-order valence-corrected chi connectivity index (χ4v) is 2.70. The highest BCUT2D eigenvalue weighted by Crippen LogP contribution is 2.24. The molecule has 134 valence electrons. The molecule has 0 aliphatic heterocycles. The molecule has 25 heavy (non-hydrogen) atoms. The normalized spacial score (nSPS) is 11.9. The van der Waals surface area contributed by atoms with E-state index in [1.165, 1.54) is 0 Å². The van der Waals surface area contributed by atoms with Crippen LogP contribution in [0, 0.1) is 5.92 Å². The van der Waals surface area contributed by atoms with Gasteiger partial charge in [0.15, 0.2) is 0 Å². The Labute approximate surface area is 150 Å². The molecular weight excluding hydrogens is 314 g/mol. The van der Waals surface area contributed by atoms with E-state index in [1.807, 2.05) is 43.3 Å². The number of benzene rings is 2. The van der Waals surface area contributed by atoms with Gasteiger partial charge in [0.1, 0.15) is 11.5 Å². The lowest BCUT2D eigenvalue weighted by Crippen LogP contribution is -2.29. The van der Waals surface area contributed by atoms with Gasteiger partial charge in [-0.25, -0.2) is 0 Å². The molecule has 0 bridgehead atoms. The fraction of sp³-hybridized carbons (Fsp3) is 0.381. The average Bonchev–Trinajstić information content (AvgIpc) is 2.61. The zero-order valence-corrected chi connectivity index (χ0v) is 15.4. The summed E-state index contributed by atoms with van der Waals surface area (Å²) in [6, 6.07) is 15.0. The molecule has 0 aromatic heterocycles. The van der Waals surface area contributed by atoms with Crippen molar-refractivity contribution in [1.82, 2.24) is 5.32 Å². The van der Waals surface area contributed by atoms with Crippen molar-refractivity contribution in [2.45, 2.75) is 33.2 Å². The van der Waals surface area contributed by atoms with Crippen molar-refractivity contribution >= 4 is 5.91 Å². The maximum absolute atomic E-state index is 12.6. The van der Waals surface area contributed by atoms with Crippen LogP contribution in [0.1, 0.15) is 49.2 Å². The van der Waals surface area contributed by atoms with E-state index in [-0.39, 0.29) is 11.9 Å². The third-order valence-corrected chi connectivity index (χ3v) is 3.96. The van der Waals surface area contributed by atoms with Crippen molar-refractivity contribution in [3.8, 4) is 11.5 Å². The largest absolute Gasteiger partial charge is 0.497 e. The first-order chi connectivity index (χ1) is 12.0. The first kappa shape index (κ1) is 18.8. The fourth-order valence-electron chi connectivity index (χ4n) is 2.70. The summed E-state index contributed by atoms with van der Waals surface area (Å²) >= 11 is 0. The quantitative estimate of drug-likeness (QED) is 0.762. The summed E-state index contributed by atoms with van der Waals surface area (Å²) in [6.07, 6.45) is 0.870. The first-order valence-corrected chi connectivity index (χ1v) is 8.71. The van der Waals surface area contributed by atoms with E-state index in [0.717, 1.165) is 23.5 Å². The lowest BCUT2D eigenvalue weighted by Gasteiger charge is -2.21. The zero-order chi connectivity index (χ0) is 18.2. The number of carbonyl (C=O) groups is 1. The molecule has 0 heterocycles. The van der Waals surface area contributed by atoms with Crippen LogP contribution in [0.25, 0.3) is 0 Å². The molecule has 0 unspecified atom stereocenters. The number of amides is 1. The molecular formula is C21H27NO3. The number of ether oxygens (including phenoxy) is 2. The van der Waals surface area contributed by atoms with Gasteiger partial charge in [-0.1, -0.05) is 26.0 Å². The maximum Gasteiger partial charge on any atom is 0.251 e. The molecule has 0 fully saturated rings. The Morgan fingerprint density at radius 1 is 1.00 bits per heavy atom. The Bertz CT molecular complexity index is 663. The van der Waals surface area contributed by atoms with Gasteiger partial charge in [-0.05, 0) is 61.2 Å². The topological polar surface area (TPSA) is 47.6 Å². The summed E-state index contributed by atoms with van der Waals surface area (Å²) in [6.45, 7) is 6.85. The molecule has 2 aromatic rings. The number of carbonyl (C=O) groups excluding carboxylic acids is 1. The average molecular weight is 341 g/mol. The first-order valence-electron chi connectivity index (χ1n) is 8.71. The lowest BCUT2D eigenvalue weighted by atomic mass is 9.96. The molecule has 1 amide bonds. The van der Waals surface area contributed by atoms with E-state index in [1.54, 1.807) is 19.2 Å². The van der Waals surface area contributed by atoms with E-state index in [2.05, 4.69) is 19.2 Å². The van der Waals surface area contributed by atoms with E-state index < -0.39 is 0 Å². The second-order valence-corrected chi connectivity index (χ2v) is 6.39. The molecule has 0 saturated carbocycles. The number of hydrogen-bond acceptors (Lipinski definition) is 3. The minimum absolute atomic E-state index is 0.0371. The molecule has 4 nitrogen and oxygen atoms in total. The maximum atomic E-state index is 12.6. The van der Waals surface area contributed by atoms with Gasteiger partial charge in [0.25, 0.3) is 5.91 Å². The number of hydrogen-bond donors (Lipinski definition) is 1. The standard InChI is InChI=1S/C21H27NO3/c1-5-25-19-12-8-17(9-13-19)21(23)22-20(14-15(2)3)16-6-10-18(24-4)11-7-16/h6-13,15,20H,5,14H2,1-4H3,(H,22,23)/t20-/m0/s1. The van der Waals surface area contributed by atoms with E-state index in [9.17, 15) is 4.79 Å². The van der Waals surface area contributed by atoms with Gasteiger partial charge in [-0.3, -0.25) is 4.79 Å². The van der Waals surface area contributed by atoms with E-state index in [0.29, 0.717) is 18.1 Å². The molecule has 0 saturated heterocycles. The summed E-state index contributed by atoms with van der Waals surface area (Å²) in [5.41, 5.74) is 1.71. The molecule has 1 N–H and O–H groups in total. The van der Waals surface area contributed by atoms with Crippen LogP contribution < -0.4 is 14.8 Å². The Morgan fingerprint density at radius 3 is 2.12 bits per heavy atom. The second kappa shape index (κ2) is 9.11. The van der Waals surface area contributed by atoms with Crippen molar-refractivity contribution in [1.29, 1.82) is 0 Å². The minimum Gasteiger partial charge on any atom is -0.497 e. The lowest BCUT2D eigenvalue weighted by molar-refractivity contribution is 0.0932. The third-order valence-electron chi connectivity index (χ3n) is 3.96. The summed E-state index contributed by atoms with van der Waals surface area (Å²) in [4.78, 5) is 12.6.